The predicted octanol–water partition coefficient (Wildman–Crippen LogP) is 5.57. The summed E-state index contributed by atoms with van der Waals surface area (Å²) in [5, 5.41) is 5.94. The van der Waals surface area contributed by atoms with Gasteiger partial charge in [-0.2, -0.15) is 0 Å². The zero-order valence-electron chi connectivity index (χ0n) is 18.2. The minimum Gasteiger partial charge on any atom is -0.334 e. The Kier molecular flexibility index (Phi) is 5.94. The molecule has 31 heavy (non-hydrogen) atoms. The first-order valence-corrected chi connectivity index (χ1v) is 10.5. The van der Waals surface area contributed by atoms with Gasteiger partial charge < -0.3 is 19.8 Å². The summed E-state index contributed by atoms with van der Waals surface area (Å²) in [6.45, 7) is 7.51. The molecule has 0 saturated carbocycles. The Morgan fingerprint density at radius 3 is 2.23 bits per heavy atom. The van der Waals surface area contributed by atoms with Crippen molar-refractivity contribution < 1.29 is 4.79 Å². The summed E-state index contributed by atoms with van der Waals surface area (Å²) in [5.74, 6) is 1.08. The van der Waals surface area contributed by atoms with E-state index in [0.29, 0.717) is 6.54 Å². The van der Waals surface area contributed by atoms with Crippen molar-refractivity contribution in [3.05, 3.63) is 107 Å². The van der Waals surface area contributed by atoms with Gasteiger partial charge in [0.15, 0.2) is 0 Å². The number of carbonyl (C=O) groups excluding carboxylic acids is 1. The first-order chi connectivity index (χ1) is 15.0. The molecule has 0 atom stereocenters. The molecular formula is C26H28N4O. The van der Waals surface area contributed by atoms with Crippen LogP contribution in [-0.4, -0.2) is 15.2 Å². The third-order valence-corrected chi connectivity index (χ3v) is 5.69. The lowest BCUT2D eigenvalue weighted by atomic mass is 10.1. The molecule has 158 valence electrons. The van der Waals surface area contributed by atoms with Crippen molar-refractivity contribution in [2.24, 2.45) is 0 Å². The summed E-state index contributed by atoms with van der Waals surface area (Å²) in [4.78, 5) is 12.5. The number of nitrogens with one attached hydrogen (secondary N) is 2. The van der Waals surface area contributed by atoms with E-state index in [1.54, 1.807) is 0 Å². The Balaban J connectivity index is 1.60. The van der Waals surface area contributed by atoms with Crippen LogP contribution in [0.3, 0.4) is 0 Å². The van der Waals surface area contributed by atoms with Crippen LogP contribution < -0.4 is 10.6 Å². The van der Waals surface area contributed by atoms with Gasteiger partial charge in [-0.15, -0.1) is 0 Å². The fraction of sp³-hybridized carbons (Fsp3) is 0.192. The molecule has 2 aromatic carbocycles. The monoisotopic (exact) mass is 412 g/mol. The van der Waals surface area contributed by atoms with Gasteiger partial charge in [0.1, 0.15) is 5.82 Å². The Morgan fingerprint density at radius 1 is 0.871 bits per heavy atom. The maximum Gasteiger partial charge on any atom is 0.319 e. The van der Waals surface area contributed by atoms with E-state index in [1.807, 2.05) is 61.8 Å². The van der Waals surface area contributed by atoms with Gasteiger partial charge in [0.05, 0.1) is 0 Å². The third kappa shape index (κ3) is 4.56. The second-order valence-electron chi connectivity index (χ2n) is 7.85. The van der Waals surface area contributed by atoms with Crippen molar-refractivity contribution in [1.29, 1.82) is 0 Å². The van der Waals surface area contributed by atoms with Crippen molar-refractivity contribution in [3.8, 4) is 5.82 Å². The number of hydrogen-bond donors (Lipinski definition) is 2. The molecule has 0 aliphatic rings. The number of benzene rings is 2. The number of rotatable bonds is 6. The molecular weight excluding hydrogens is 384 g/mol. The quantitative estimate of drug-likeness (QED) is 0.427. The van der Waals surface area contributed by atoms with Gasteiger partial charge in [0, 0.05) is 42.4 Å². The van der Waals surface area contributed by atoms with Crippen LogP contribution in [0, 0.1) is 20.8 Å². The minimum atomic E-state index is -0.213. The lowest BCUT2D eigenvalue weighted by Crippen LogP contribution is -2.28. The Labute approximate surface area is 183 Å². The Bertz CT molecular complexity index is 1160. The molecule has 0 aliphatic carbocycles. The molecule has 0 unspecified atom stereocenters. The fourth-order valence-electron chi connectivity index (χ4n) is 3.83. The number of nitrogens with zero attached hydrogens (tertiary/aromatic N) is 2. The van der Waals surface area contributed by atoms with Crippen molar-refractivity contribution in [2.45, 2.75) is 33.9 Å². The fourth-order valence-corrected chi connectivity index (χ4v) is 3.83. The SMILES string of the molecule is Cc1ccc(NC(=O)NCc2c(C)c(C)n(Cc3ccccc3)c2-n2cccc2)cc1. The molecule has 0 spiro atoms. The lowest BCUT2D eigenvalue weighted by molar-refractivity contribution is 0.251. The van der Waals surface area contributed by atoms with Crippen LogP contribution >= 0.6 is 0 Å². The van der Waals surface area contributed by atoms with E-state index in [1.165, 1.54) is 16.8 Å². The summed E-state index contributed by atoms with van der Waals surface area (Å²) in [5.41, 5.74) is 6.68. The number of hydrogen-bond acceptors (Lipinski definition) is 1. The highest BCUT2D eigenvalue weighted by Gasteiger charge is 2.19. The van der Waals surface area contributed by atoms with Crippen molar-refractivity contribution in [3.63, 3.8) is 0 Å². The second kappa shape index (κ2) is 8.96. The first-order valence-electron chi connectivity index (χ1n) is 10.5. The maximum atomic E-state index is 12.5. The summed E-state index contributed by atoms with van der Waals surface area (Å²) in [7, 11) is 0. The Hall–Kier alpha value is -3.73. The molecule has 2 heterocycles. The predicted molar refractivity (Wildman–Crippen MR) is 126 cm³/mol. The number of amides is 2. The standard InChI is InChI=1S/C26H28N4O/c1-19-11-13-23(14-12-19)28-26(31)27-17-24-20(2)21(3)30(18-22-9-5-4-6-10-22)25(24)29-15-7-8-16-29/h4-16H,17-18H2,1-3H3,(H2,27,28,31). The van der Waals surface area contributed by atoms with Gasteiger partial charge in [0.25, 0.3) is 0 Å². The van der Waals surface area contributed by atoms with Gasteiger partial charge in [-0.25, -0.2) is 4.79 Å². The van der Waals surface area contributed by atoms with Gasteiger partial charge >= 0.3 is 6.03 Å². The van der Waals surface area contributed by atoms with Crippen LogP contribution in [0.15, 0.2) is 79.1 Å². The van der Waals surface area contributed by atoms with E-state index in [9.17, 15) is 4.79 Å². The summed E-state index contributed by atoms with van der Waals surface area (Å²) in [6, 6.07) is 22.1. The lowest BCUT2D eigenvalue weighted by Gasteiger charge is -2.15. The highest BCUT2D eigenvalue weighted by Crippen LogP contribution is 2.27. The van der Waals surface area contributed by atoms with Gasteiger partial charge in [-0.3, -0.25) is 0 Å². The molecule has 2 amide bonds. The molecule has 0 aliphatic heterocycles. The van der Waals surface area contributed by atoms with E-state index < -0.39 is 0 Å². The van der Waals surface area contributed by atoms with E-state index in [2.05, 4.69) is 57.9 Å². The second-order valence-corrected chi connectivity index (χ2v) is 7.85. The number of aryl methyl sites for hydroxylation is 1. The summed E-state index contributed by atoms with van der Waals surface area (Å²) >= 11 is 0. The molecule has 0 bridgehead atoms. The van der Waals surface area contributed by atoms with Crippen LogP contribution in [0.5, 0.6) is 0 Å². The minimum absolute atomic E-state index is 0.213. The van der Waals surface area contributed by atoms with Crippen LogP contribution in [0.2, 0.25) is 0 Å². The van der Waals surface area contributed by atoms with Gasteiger partial charge in [0.2, 0.25) is 0 Å². The molecule has 5 nitrogen and oxygen atoms in total. The molecule has 0 radical (unpaired) electrons. The molecule has 5 heteroatoms. The third-order valence-electron chi connectivity index (χ3n) is 5.69. The van der Waals surface area contributed by atoms with Crippen LogP contribution in [-0.2, 0) is 13.1 Å². The average Bonchev–Trinajstić information content (AvgIpc) is 3.38. The van der Waals surface area contributed by atoms with Crippen molar-refractivity contribution in [2.75, 3.05) is 5.32 Å². The number of urea groups is 1. The van der Waals surface area contributed by atoms with E-state index in [0.717, 1.165) is 29.2 Å². The molecule has 4 rings (SSSR count). The van der Waals surface area contributed by atoms with Crippen molar-refractivity contribution >= 4 is 11.7 Å². The molecule has 0 fully saturated rings. The number of anilines is 1. The molecule has 2 aromatic heterocycles. The molecule has 0 saturated heterocycles. The van der Waals surface area contributed by atoms with E-state index in [-0.39, 0.29) is 6.03 Å². The van der Waals surface area contributed by atoms with Gasteiger partial charge in [-0.1, -0.05) is 48.0 Å². The highest BCUT2D eigenvalue weighted by molar-refractivity contribution is 5.89. The summed E-state index contributed by atoms with van der Waals surface area (Å²) in [6.07, 6.45) is 4.09. The first kappa shape index (κ1) is 20.5. The smallest absolute Gasteiger partial charge is 0.319 e. The zero-order valence-corrected chi connectivity index (χ0v) is 18.2. The normalized spacial score (nSPS) is 10.8. The van der Waals surface area contributed by atoms with Crippen LogP contribution in [0.1, 0.15) is 27.9 Å². The summed E-state index contributed by atoms with van der Waals surface area (Å²) < 4.78 is 4.44. The van der Waals surface area contributed by atoms with E-state index >= 15 is 0 Å². The topological polar surface area (TPSA) is 51.0 Å². The highest BCUT2D eigenvalue weighted by atomic mass is 16.2. The van der Waals surface area contributed by atoms with Crippen molar-refractivity contribution in [1.82, 2.24) is 14.5 Å². The average molecular weight is 413 g/mol. The maximum absolute atomic E-state index is 12.5. The van der Waals surface area contributed by atoms with Crippen LogP contribution in [0.25, 0.3) is 5.82 Å². The molecule has 2 N–H and O–H groups in total. The number of aromatic nitrogens is 2. The largest absolute Gasteiger partial charge is 0.334 e. The van der Waals surface area contributed by atoms with E-state index in [4.69, 9.17) is 0 Å². The molecule has 4 aromatic rings. The Morgan fingerprint density at radius 2 is 1.55 bits per heavy atom. The number of carbonyl (C=O) groups is 1. The van der Waals surface area contributed by atoms with Crippen LogP contribution in [0.4, 0.5) is 10.5 Å². The van der Waals surface area contributed by atoms with Gasteiger partial charge in [-0.05, 0) is 56.2 Å². The zero-order chi connectivity index (χ0) is 21.8.